The van der Waals surface area contributed by atoms with E-state index in [-0.39, 0.29) is 24.4 Å². The number of aliphatic carboxylic acids is 1. The third-order valence-electron chi connectivity index (χ3n) is 2.66. The van der Waals surface area contributed by atoms with Gasteiger partial charge in [-0.3, -0.25) is 4.79 Å². The second kappa shape index (κ2) is 7.13. The lowest BCUT2D eigenvalue weighted by molar-refractivity contribution is -0.137. The number of carboxylic acid groups (broad SMARTS) is 1. The maximum atomic E-state index is 11.8. The molecule has 0 bridgehead atoms. The SMILES string of the molecule is CC(CC(=O)O)NC(=O)NC(c1cccs1)C(C)C. The van der Waals surface area contributed by atoms with E-state index < -0.39 is 12.0 Å². The van der Waals surface area contributed by atoms with Gasteiger partial charge in [0.1, 0.15) is 0 Å². The first-order chi connectivity index (χ1) is 8.90. The number of hydrogen-bond acceptors (Lipinski definition) is 3. The lowest BCUT2D eigenvalue weighted by atomic mass is 10.0. The number of carbonyl (C=O) groups excluding carboxylic acids is 1. The quantitative estimate of drug-likeness (QED) is 0.751. The predicted molar refractivity (Wildman–Crippen MR) is 75.3 cm³/mol. The number of hydrogen-bond donors (Lipinski definition) is 3. The molecule has 0 aliphatic rings. The number of carbonyl (C=O) groups is 2. The molecule has 2 unspecified atom stereocenters. The molecule has 0 radical (unpaired) electrons. The highest BCUT2D eigenvalue weighted by Gasteiger charge is 2.20. The monoisotopic (exact) mass is 284 g/mol. The molecule has 1 aromatic heterocycles. The zero-order chi connectivity index (χ0) is 14.4. The van der Waals surface area contributed by atoms with Gasteiger partial charge in [0.25, 0.3) is 0 Å². The number of carboxylic acids is 1. The van der Waals surface area contributed by atoms with E-state index in [1.54, 1.807) is 18.3 Å². The molecule has 2 amide bonds. The fraction of sp³-hybridized carbons (Fsp3) is 0.538. The molecule has 0 fully saturated rings. The number of thiophene rings is 1. The Morgan fingerprint density at radius 3 is 2.47 bits per heavy atom. The minimum absolute atomic E-state index is 0.0583. The van der Waals surface area contributed by atoms with Crippen LogP contribution in [0, 0.1) is 5.92 Å². The van der Waals surface area contributed by atoms with Crippen LogP contribution in [0.2, 0.25) is 0 Å². The first kappa shape index (κ1) is 15.5. The van der Waals surface area contributed by atoms with E-state index in [4.69, 9.17) is 5.11 Å². The second-order valence-electron chi connectivity index (χ2n) is 4.85. The van der Waals surface area contributed by atoms with Crippen molar-refractivity contribution in [2.24, 2.45) is 5.92 Å². The summed E-state index contributed by atoms with van der Waals surface area (Å²) in [5, 5.41) is 16.1. The highest BCUT2D eigenvalue weighted by atomic mass is 32.1. The molecule has 19 heavy (non-hydrogen) atoms. The van der Waals surface area contributed by atoms with Gasteiger partial charge in [0, 0.05) is 10.9 Å². The Labute approximate surface area is 117 Å². The van der Waals surface area contributed by atoms with Crippen LogP contribution in [0.4, 0.5) is 4.79 Å². The molecule has 2 atom stereocenters. The summed E-state index contributed by atoms with van der Waals surface area (Å²) >= 11 is 1.59. The third kappa shape index (κ3) is 5.30. The summed E-state index contributed by atoms with van der Waals surface area (Å²) in [7, 11) is 0. The molecule has 0 aromatic carbocycles. The standard InChI is InChI=1S/C13H20N2O3S/c1-8(2)12(10-5-4-6-19-10)15-13(18)14-9(3)7-11(16)17/h4-6,8-9,12H,7H2,1-3H3,(H,16,17)(H2,14,15,18). The topological polar surface area (TPSA) is 78.4 Å². The van der Waals surface area contributed by atoms with Crippen LogP contribution < -0.4 is 10.6 Å². The molecular formula is C13H20N2O3S. The molecule has 1 heterocycles. The predicted octanol–water partition coefficient (Wildman–Crippen LogP) is 2.61. The highest BCUT2D eigenvalue weighted by molar-refractivity contribution is 7.10. The van der Waals surface area contributed by atoms with Crippen molar-refractivity contribution in [3.05, 3.63) is 22.4 Å². The molecule has 106 valence electrons. The molecule has 6 heteroatoms. The van der Waals surface area contributed by atoms with Crippen LogP contribution in [-0.2, 0) is 4.79 Å². The van der Waals surface area contributed by atoms with Gasteiger partial charge in [-0.05, 0) is 24.3 Å². The van der Waals surface area contributed by atoms with Crippen LogP contribution in [0.15, 0.2) is 17.5 Å². The second-order valence-corrected chi connectivity index (χ2v) is 5.83. The molecule has 5 nitrogen and oxygen atoms in total. The van der Waals surface area contributed by atoms with Gasteiger partial charge in [-0.25, -0.2) is 4.79 Å². The van der Waals surface area contributed by atoms with Crippen molar-refractivity contribution in [3.8, 4) is 0 Å². The van der Waals surface area contributed by atoms with Crippen LogP contribution in [0.5, 0.6) is 0 Å². The summed E-state index contributed by atoms with van der Waals surface area (Å²) in [4.78, 5) is 23.5. The highest BCUT2D eigenvalue weighted by Crippen LogP contribution is 2.25. The maximum Gasteiger partial charge on any atom is 0.315 e. The first-order valence-corrected chi connectivity index (χ1v) is 7.10. The Kier molecular flexibility index (Phi) is 5.82. The Morgan fingerprint density at radius 1 is 1.32 bits per heavy atom. The zero-order valence-electron chi connectivity index (χ0n) is 11.3. The van der Waals surface area contributed by atoms with E-state index >= 15 is 0 Å². The Balaban J connectivity index is 2.55. The van der Waals surface area contributed by atoms with Gasteiger partial charge in [0.2, 0.25) is 0 Å². The van der Waals surface area contributed by atoms with Crippen LogP contribution in [-0.4, -0.2) is 23.1 Å². The molecular weight excluding hydrogens is 264 g/mol. The van der Waals surface area contributed by atoms with Crippen molar-refractivity contribution in [2.75, 3.05) is 0 Å². The Hall–Kier alpha value is -1.56. The number of urea groups is 1. The summed E-state index contributed by atoms with van der Waals surface area (Å²) in [6, 6.07) is 3.14. The van der Waals surface area contributed by atoms with Gasteiger partial charge < -0.3 is 15.7 Å². The molecule has 3 N–H and O–H groups in total. The number of nitrogens with one attached hydrogen (secondary N) is 2. The van der Waals surface area contributed by atoms with Gasteiger partial charge in [0.05, 0.1) is 12.5 Å². The van der Waals surface area contributed by atoms with Crippen LogP contribution in [0.1, 0.15) is 38.1 Å². The summed E-state index contributed by atoms with van der Waals surface area (Å²) in [6.45, 7) is 5.74. The number of amides is 2. The van der Waals surface area contributed by atoms with Crippen molar-refractivity contribution >= 4 is 23.3 Å². The summed E-state index contributed by atoms with van der Waals surface area (Å²) in [5.74, 6) is -0.661. The number of rotatable bonds is 6. The van der Waals surface area contributed by atoms with Gasteiger partial charge in [-0.15, -0.1) is 11.3 Å². The van der Waals surface area contributed by atoms with Crippen LogP contribution >= 0.6 is 11.3 Å². The Bertz CT molecular complexity index is 418. The van der Waals surface area contributed by atoms with E-state index in [1.807, 2.05) is 31.4 Å². The van der Waals surface area contributed by atoms with E-state index in [0.29, 0.717) is 0 Å². The smallest absolute Gasteiger partial charge is 0.315 e. The molecule has 0 saturated heterocycles. The van der Waals surface area contributed by atoms with Gasteiger partial charge in [-0.2, -0.15) is 0 Å². The molecule has 0 spiro atoms. The van der Waals surface area contributed by atoms with E-state index in [2.05, 4.69) is 10.6 Å². The van der Waals surface area contributed by atoms with Crippen molar-refractivity contribution in [1.82, 2.24) is 10.6 Å². The largest absolute Gasteiger partial charge is 0.481 e. The minimum Gasteiger partial charge on any atom is -0.481 e. The lowest BCUT2D eigenvalue weighted by Gasteiger charge is -2.22. The summed E-state index contributed by atoms with van der Waals surface area (Å²) in [6.07, 6.45) is -0.0846. The molecule has 1 aromatic rings. The summed E-state index contributed by atoms with van der Waals surface area (Å²) in [5.41, 5.74) is 0. The lowest BCUT2D eigenvalue weighted by Crippen LogP contribution is -2.44. The van der Waals surface area contributed by atoms with E-state index in [9.17, 15) is 9.59 Å². The molecule has 1 rings (SSSR count). The van der Waals surface area contributed by atoms with Gasteiger partial charge >= 0.3 is 12.0 Å². The van der Waals surface area contributed by atoms with Crippen molar-refractivity contribution < 1.29 is 14.7 Å². The molecule has 0 saturated carbocycles. The maximum absolute atomic E-state index is 11.8. The fourth-order valence-electron chi connectivity index (χ4n) is 1.75. The fourth-order valence-corrected chi connectivity index (χ4v) is 2.70. The average Bonchev–Trinajstić information content (AvgIpc) is 2.76. The van der Waals surface area contributed by atoms with Gasteiger partial charge in [-0.1, -0.05) is 19.9 Å². The van der Waals surface area contributed by atoms with Crippen molar-refractivity contribution in [1.29, 1.82) is 0 Å². The van der Waals surface area contributed by atoms with Crippen molar-refractivity contribution in [3.63, 3.8) is 0 Å². The third-order valence-corrected chi connectivity index (χ3v) is 3.62. The molecule has 0 aliphatic heterocycles. The van der Waals surface area contributed by atoms with E-state index in [0.717, 1.165) is 4.88 Å². The zero-order valence-corrected chi connectivity index (χ0v) is 12.2. The van der Waals surface area contributed by atoms with Crippen molar-refractivity contribution in [2.45, 2.75) is 39.3 Å². The van der Waals surface area contributed by atoms with Crippen LogP contribution in [0.3, 0.4) is 0 Å². The molecule has 0 aliphatic carbocycles. The average molecular weight is 284 g/mol. The summed E-state index contributed by atoms with van der Waals surface area (Å²) < 4.78 is 0. The van der Waals surface area contributed by atoms with E-state index in [1.165, 1.54) is 0 Å². The first-order valence-electron chi connectivity index (χ1n) is 6.22. The van der Waals surface area contributed by atoms with Gasteiger partial charge in [0.15, 0.2) is 0 Å². The minimum atomic E-state index is -0.925. The van der Waals surface area contributed by atoms with Crippen LogP contribution in [0.25, 0.3) is 0 Å². The normalized spacial score (nSPS) is 13.9. The Morgan fingerprint density at radius 2 is 2.00 bits per heavy atom.